The molecule has 0 saturated heterocycles. The minimum absolute atomic E-state index is 0.523. The predicted octanol–water partition coefficient (Wildman–Crippen LogP) is 2.34. The second-order valence-corrected chi connectivity index (χ2v) is 4.23. The second kappa shape index (κ2) is 4.15. The van der Waals surface area contributed by atoms with Crippen molar-refractivity contribution < 1.29 is 0 Å². The van der Waals surface area contributed by atoms with Gasteiger partial charge < -0.3 is 0 Å². The molecule has 1 aromatic carbocycles. The van der Waals surface area contributed by atoms with Crippen LogP contribution in [0.1, 0.15) is 5.56 Å². The summed E-state index contributed by atoms with van der Waals surface area (Å²) in [6.07, 6.45) is 1.67. The van der Waals surface area contributed by atoms with E-state index in [1.165, 1.54) is 11.3 Å². The lowest BCUT2D eigenvalue weighted by Crippen LogP contribution is -1.89. The molecule has 68 valence electrons. The zero-order valence-corrected chi connectivity index (χ0v) is 8.98. The van der Waals surface area contributed by atoms with Crippen LogP contribution in [-0.2, 0) is 5.88 Å². The average molecular weight is 220 g/mol. The van der Waals surface area contributed by atoms with Gasteiger partial charge in [-0.25, -0.2) is 4.98 Å². The SMILES string of the molecule is [B]c1cnc(-c2cccc(CCl)c2)s1. The molecule has 4 heteroatoms. The summed E-state index contributed by atoms with van der Waals surface area (Å²) in [5.74, 6) is 0.523. The van der Waals surface area contributed by atoms with Crippen LogP contribution in [0.5, 0.6) is 0 Å². The van der Waals surface area contributed by atoms with E-state index in [-0.39, 0.29) is 0 Å². The lowest BCUT2D eigenvalue weighted by atomic mass is 10.1. The van der Waals surface area contributed by atoms with Crippen LogP contribution in [0.4, 0.5) is 0 Å². The number of rotatable bonds is 2. The van der Waals surface area contributed by atoms with E-state index in [4.69, 9.17) is 19.4 Å². The lowest BCUT2D eigenvalue weighted by molar-refractivity contribution is 1.37. The van der Waals surface area contributed by atoms with Crippen LogP contribution in [0.15, 0.2) is 30.5 Å². The first-order valence-corrected chi connectivity index (χ1v) is 5.51. The summed E-state index contributed by atoms with van der Waals surface area (Å²) in [5.41, 5.74) is 2.17. The third kappa shape index (κ3) is 1.99. The molecular formula is C10H7BClNS. The predicted molar refractivity (Wildman–Crippen MR) is 62.5 cm³/mol. The first kappa shape index (κ1) is 9.75. The fourth-order valence-electron chi connectivity index (χ4n) is 1.21. The summed E-state index contributed by atoms with van der Waals surface area (Å²) >= 11 is 7.23. The van der Waals surface area contributed by atoms with Crippen molar-refractivity contribution in [3.8, 4) is 10.6 Å². The van der Waals surface area contributed by atoms with Crippen molar-refractivity contribution in [2.24, 2.45) is 0 Å². The van der Waals surface area contributed by atoms with Crippen molar-refractivity contribution in [1.82, 2.24) is 4.98 Å². The number of alkyl halides is 1. The van der Waals surface area contributed by atoms with E-state index < -0.39 is 0 Å². The van der Waals surface area contributed by atoms with E-state index in [9.17, 15) is 0 Å². The third-order valence-corrected chi connectivity index (χ3v) is 3.04. The highest BCUT2D eigenvalue weighted by Gasteiger charge is 2.02. The molecule has 0 bridgehead atoms. The molecule has 1 nitrogen and oxygen atoms in total. The maximum atomic E-state index is 5.75. The molecule has 1 heterocycles. The summed E-state index contributed by atoms with van der Waals surface area (Å²) < 4.78 is 0.733. The van der Waals surface area contributed by atoms with Crippen LogP contribution in [0.2, 0.25) is 0 Å². The number of thiazole rings is 1. The molecule has 0 aliphatic carbocycles. The number of aromatic nitrogens is 1. The summed E-state index contributed by atoms with van der Waals surface area (Å²) in [7, 11) is 5.62. The number of hydrogen-bond acceptors (Lipinski definition) is 2. The van der Waals surface area contributed by atoms with Crippen molar-refractivity contribution >= 4 is 35.6 Å². The molecule has 2 radical (unpaired) electrons. The number of nitrogens with zero attached hydrogens (tertiary/aromatic N) is 1. The van der Waals surface area contributed by atoms with Crippen molar-refractivity contribution in [3.05, 3.63) is 36.0 Å². The molecule has 0 amide bonds. The Morgan fingerprint density at radius 3 is 2.93 bits per heavy atom. The van der Waals surface area contributed by atoms with E-state index in [2.05, 4.69) is 4.98 Å². The molecule has 2 rings (SSSR count). The summed E-state index contributed by atoms with van der Waals surface area (Å²) in [4.78, 5) is 4.21. The number of halogens is 1. The van der Waals surface area contributed by atoms with E-state index in [0.29, 0.717) is 5.88 Å². The highest BCUT2D eigenvalue weighted by atomic mass is 35.5. The lowest BCUT2D eigenvalue weighted by Gasteiger charge is -1.98. The molecule has 0 aliphatic heterocycles. The van der Waals surface area contributed by atoms with E-state index in [1.54, 1.807) is 6.20 Å². The molecule has 1 aromatic heterocycles. The Hall–Kier alpha value is -0.795. The highest BCUT2D eigenvalue weighted by molar-refractivity contribution is 7.22. The van der Waals surface area contributed by atoms with Gasteiger partial charge in [-0.3, -0.25) is 0 Å². The minimum atomic E-state index is 0.523. The van der Waals surface area contributed by atoms with Gasteiger partial charge in [0.25, 0.3) is 0 Å². The maximum Gasteiger partial charge on any atom is 0.131 e. The Labute approximate surface area is 93.2 Å². The Bertz CT molecular complexity index is 441. The largest absolute Gasteiger partial charge is 0.245 e. The number of benzene rings is 1. The monoisotopic (exact) mass is 219 g/mol. The molecule has 0 atom stereocenters. The van der Waals surface area contributed by atoms with Gasteiger partial charge in [-0.15, -0.1) is 22.9 Å². The number of hydrogen-bond donors (Lipinski definition) is 0. The molecule has 0 N–H and O–H groups in total. The van der Waals surface area contributed by atoms with Crippen LogP contribution in [0.25, 0.3) is 10.6 Å². The van der Waals surface area contributed by atoms with Crippen molar-refractivity contribution in [1.29, 1.82) is 0 Å². The third-order valence-electron chi connectivity index (χ3n) is 1.85. The van der Waals surface area contributed by atoms with Gasteiger partial charge in [0.15, 0.2) is 0 Å². The van der Waals surface area contributed by atoms with E-state index in [0.717, 1.165) is 20.9 Å². The first-order chi connectivity index (χ1) is 6.79. The van der Waals surface area contributed by atoms with Crippen molar-refractivity contribution in [3.63, 3.8) is 0 Å². The molecule has 0 spiro atoms. The maximum absolute atomic E-state index is 5.75. The van der Waals surface area contributed by atoms with Gasteiger partial charge in [-0.2, -0.15) is 0 Å². The van der Waals surface area contributed by atoms with Crippen LogP contribution in [0.3, 0.4) is 0 Å². The smallest absolute Gasteiger partial charge is 0.131 e. The second-order valence-electron chi connectivity index (χ2n) is 2.90. The van der Waals surface area contributed by atoms with Crippen LogP contribution < -0.4 is 4.78 Å². The zero-order valence-electron chi connectivity index (χ0n) is 7.40. The average Bonchev–Trinajstić information content (AvgIpc) is 2.65. The van der Waals surface area contributed by atoms with Gasteiger partial charge in [0.05, 0.1) is 0 Å². The normalized spacial score (nSPS) is 10.4. The van der Waals surface area contributed by atoms with Crippen LogP contribution >= 0.6 is 22.9 Å². The Kier molecular flexibility index (Phi) is 2.89. The van der Waals surface area contributed by atoms with Gasteiger partial charge in [-0.05, 0) is 16.4 Å². The van der Waals surface area contributed by atoms with Gasteiger partial charge in [0.2, 0.25) is 0 Å². The molecule has 2 aromatic rings. The molecule has 14 heavy (non-hydrogen) atoms. The fourth-order valence-corrected chi connectivity index (χ4v) is 2.05. The first-order valence-electron chi connectivity index (χ1n) is 4.16. The Morgan fingerprint density at radius 2 is 2.29 bits per heavy atom. The van der Waals surface area contributed by atoms with Crippen LogP contribution in [0, 0.1) is 0 Å². The summed E-state index contributed by atoms with van der Waals surface area (Å²) in [6, 6.07) is 8.01. The van der Waals surface area contributed by atoms with Crippen LogP contribution in [-0.4, -0.2) is 12.8 Å². The molecule has 0 saturated carbocycles. The Morgan fingerprint density at radius 1 is 1.43 bits per heavy atom. The quantitative estimate of drug-likeness (QED) is 0.558. The molecule has 0 fully saturated rings. The zero-order chi connectivity index (χ0) is 9.97. The van der Waals surface area contributed by atoms with Gasteiger partial charge >= 0.3 is 0 Å². The van der Waals surface area contributed by atoms with E-state index >= 15 is 0 Å². The fraction of sp³-hybridized carbons (Fsp3) is 0.100. The van der Waals surface area contributed by atoms with Gasteiger partial charge in [-0.1, -0.05) is 18.2 Å². The minimum Gasteiger partial charge on any atom is -0.245 e. The highest BCUT2D eigenvalue weighted by Crippen LogP contribution is 2.21. The van der Waals surface area contributed by atoms with Crippen molar-refractivity contribution in [2.75, 3.05) is 0 Å². The summed E-state index contributed by atoms with van der Waals surface area (Å²) in [5, 5.41) is 0.939. The standard InChI is InChI=1S/C10H7BClNS/c11-9-6-13-10(14-9)8-3-1-2-7(4-8)5-12/h1-4,6H,5H2. The Balaban J connectivity index is 2.41. The van der Waals surface area contributed by atoms with Gasteiger partial charge in [0, 0.05) is 17.6 Å². The molecule has 0 unspecified atom stereocenters. The molecule has 0 aliphatic rings. The van der Waals surface area contributed by atoms with E-state index in [1.807, 2.05) is 24.3 Å². The van der Waals surface area contributed by atoms with Crippen molar-refractivity contribution in [2.45, 2.75) is 5.88 Å². The molecular weight excluding hydrogens is 212 g/mol. The van der Waals surface area contributed by atoms with Gasteiger partial charge in [0.1, 0.15) is 12.9 Å². The summed E-state index contributed by atoms with van der Waals surface area (Å²) in [6.45, 7) is 0. The topological polar surface area (TPSA) is 12.9 Å².